The molecule has 0 atom stereocenters. The van der Waals surface area contributed by atoms with Gasteiger partial charge in [-0.25, -0.2) is 0 Å². The minimum atomic E-state index is -0.154. The van der Waals surface area contributed by atoms with Crippen LogP contribution < -0.4 is 9.47 Å². The van der Waals surface area contributed by atoms with Crippen molar-refractivity contribution in [1.29, 1.82) is 0 Å². The highest BCUT2D eigenvalue weighted by molar-refractivity contribution is 9.10. The largest absolute Gasteiger partial charge is 0.482 e. The van der Waals surface area contributed by atoms with Crippen molar-refractivity contribution in [3.63, 3.8) is 0 Å². The number of benzene rings is 2. The van der Waals surface area contributed by atoms with Crippen LogP contribution in [0, 0.1) is 0 Å². The van der Waals surface area contributed by atoms with E-state index in [1.165, 1.54) is 0 Å². The Morgan fingerprint density at radius 2 is 1.13 bits per heavy atom. The fraction of sp³-hybridized carbons (Fsp3) is 0.300. The van der Waals surface area contributed by atoms with E-state index in [1.807, 2.05) is 0 Å². The van der Waals surface area contributed by atoms with Crippen LogP contribution in [0.1, 0.15) is 0 Å². The molecule has 10 heteroatoms. The fourth-order valence-corrected chi connectivity index (χ4v) is 4.31. The number of carbonyl (C=O) groups is 2. The summed E-state index contributed by atoms with van der Waals surface area (Å²) in [4.78, 5) is 28.1. The summed E-state index contributed by atoms with van der Waals surface area (Å²) in [6.07, 6.45) is 0. The van der Waals surface area contributed by atoms with Gasteiger partial charge in [0.2, 0.25) is 0 Å². The molecule has 0 radical (unpaired) electrons. The number of piperazine rings is 1. The molecule has 0 bridgehead atoms. The van der Waals surface area contributed by atoms with Crippen LogP contribution in [-0.2, 0) is 9.59 Å². The van der Waals surface area contributed by atoms with Crippen LogP contribution in [0.2, 0.25) is 10.0 Å². The zero-order chi connectivity index (χ0) is 21.7. The van der Waals surface area contributed by atoms with E-state index in [0.29, 0.717) is 47.7 Å². The van der Waals surface area contributed by atoms with E-state index in [-0.39, 0.29) is 25.0 Å². The first kappa shape index (κ1) is 23.2. The van der Waals surface area contributed by atoms with Gasteiger partial charge in [0, 0.05) is 35.1 Å². The summed E-state index contributed by atoms with van der Waals surface area (Å²) in [7, 11) is 0. The van der Waals surface area contributed by atoms with Gasteiger partial charge in [0.05, 0.1) is 10.0 Å². The predicted octanol–water partition coefficient (Wildman–Crippen LogP) is 4.65. The lowest BCUT2D eigenvalue weighted by molar-refractivity contribution is -0.141. The predicted molar refractivity (Wildman–Crippen MR) is 122 cm³/mol. The van der Waals surface area contributed by atoms with Gasteiger partial charge in [0.1, 0.15) is 11.5 Å². The van der Waals surface area contributed by atoms with Gasteiger partial charge in [-0.15, -0.1) is 0 Å². The lowest BCUT2D eigenvalue weighted by Gasteiger charge is -2.34. The topological polar surface area (TPSA) is 59.1 Å². The minimum absolute atomic E-state index is 0.111. The van der Waals surface area contributed by atoms with Crippen molar-refractivity contribution < 1.29 is 19.1 Å². The van der Waals surface area contributed by atoms with Crippen molar-refractivity contribution in [2.75, 3.05) is 39.4 Å². The van der Waals surface area contributed by atoms with Gasteiger partial charge in [-0.05, 0) is 36.4 Å². The average Bonchev–Trinajstić information content (AvgIpc) is 2.72. The highest BCUT2D eigenvalue weighted by atomic mass is 79.9. The number of ether oxygens (including phenoxy) is 2. The summed E-state index contributed by atoms with van der Waals surface area (Å²) in [5.41, 5.74) is 0. The molecular weight excluding hydrogens is 563 g/mol. The molecule has 2 amide bonds. The molecule has 1 aliphatic rings. The molecule has 3 rings (SSSR count). The highest BCUT2D eigenvalue weighted by Gasteiger charge is 2.25. The summed E-state index contributed by atoms with van der Waals surface area (Å²) in [6, 6.07) is 10.4. The third-order valence-corrected chi connectivity index (χ3v) is 6.05. The Bertz CT molecular complexity index is 862. The first-order valence-corrected chi connectivity index (χ1v) is 11.4. The Balaban J connectivity index is 1.43. The molecule has 1 saturated heterocycles. The fourth-order valence-electron chi connectivity index (χ4n) is 2.85. The summed E-state index contributed by atoms with van der Waals surface area (Å²) in [5, 5.41) is 0.858. The maximum atomic E-state index is 12.4. The number of amides is 2. The molecule has 160 valence electrons. The van der Waals surface area contributed by atoms with Gasteiger partial charge >= 0.3 is 0 Å². The molecular formula is C20H18Br2Cl2N2O4. The van der Waals surface area contributed by atoms with E-state index < -0.39 is 0 Å². The van der Waals surface area contributed by atoms with Crippen LogP contribution >= 0.6 is 55.1 Å². The van der Waals surface area contributed by atoms with Crippen molar-refractivity contribution >= 4 is 66.9 Å². The molecule has 0 saturated carbocycles. The molecule has 6 nitrogen and oxygen atoms in total. The van der Waals surface area contributed by atoms with E-state index in [4.69, 9.17) is 32.7 Å². The molecule has 0 unspecified atom stereocenters. The van der Waals surface area contributed by atoms with Crippen LogP contribution in [-0.4, -0.2) is 61.0 Å². The van der Waals surface area contributed by atoms with E-state index in [1.54, 1.807) is 46.2 Å². The SMILES string of the molecule is O=C(COc1ccc(Br)cc1Cl)N1CCN(C(=O)COc2ccc(Br)cc2Cl)CC1. The summed E-state index contributed by atoms with van der Waals surface area (Å²) in [6.45, 7) is 1.51. The van der Waals surface area contributed by atoms with E-state index >= 15 is 0 Å². The second-order valence-electron chi connectivity index (χ2n) is 6.49. The molecule has 0 spiro atoms. The number of hydrogen-bond donors (Lipinski definition) is 0. The Morgan fingerprint density at radius 1 is 0.767 bits per heavy atom. The van der Waals surface area contributed by atoms with Gasteiger partial charge in [0.25, 0.3) is 11.8 Å². The number of hydrogen-bond acceptors (Lipinski definition) is 4. The molecule has 30 heavy (non-hydrogen) atoms. The summed E-state index contributed by atoms with van der Waals surface area (Å²) >= 11 is 18.8. The quantitative estimate of drug-likeness (QED) is 0.499. The molecule has 1 aliphatic heterocycles. The maximum Gasteiger partial charge on any atom is 0.260 e. The third-order valence-electron chi connectivity index (χ3n) is 4.48. The molecule has 1 fully saturated rings. The van der Waals surface area contributed by atoms with Crippen LogP contribution in [0.3, 0.4) is 0 Å². The molecule has 2 aromatic rings. The van der Waals surface area contributed by atoms with E-state index in [0.717, 1.165) is 8.95 Å². The van der Waals surface area contributed by atoms with Gasteiger partial charge in [0.15, 0.2) is 13.2 Å². The normalized spacial score (nSPS) is 13.9. The smallest absolute Gasteiger partial charge is 0.260 e. The Morgan fingerprint density at radius 3 is 1.47 bits per heavy atom. The van der Waals surface area contributed by atoms with Crippen molar-refractivity contribution in [3.05, 3.63) is 55.4 Å². The molecule has 2 aromatic carbocycles. The van der Waals surface area contributed by atoms with Crippen LogP contribution in [0.4, 0.5) is 0 Å². The molecule has 0 aromatic heterocycles. The van der Waals surface area contributed by atoms with Gasteiger partial charge in [-0.1, -0.05) is 55.1 Å². The second-order valence-corrected chi connectivity index (χ2v) is 9.13. The summed E-state index contributed by atoms with van der Waals surface area (Å²) < 4.78 is 12.7. The maximum absolute atomic E-state index is 12.4. The van der Waals surface area contributed by atoms with Crippen molar-refractivity contribution in [3.8, 4) is 11.5 Å². The third kappa shape index (κ3) is 6.26. The number of nitrogens with zero attached hydrogens (tertiary/aromatic N) is 2. The zero-order valence-corrected chi connectivity index (χ0v) is 20.4. The van der Waals surface area contributed by atoms with Crippen LogP contribution in [0.15, 0.2) is 45.3 Å². The molecule has 0 aliphatic carbocycles. The monoisotopic (exact) mass is 578 g/mol. The Labute approximate surface area is 201 Å². The van der Waals surface area contributed by atoms with E-state index in [2.05, 4.69) is 31.9 Å². The standard InChI is InChI=1S/C20H18Br2Cl2N2O4/c21-13-1-3-17(15(23)9-13)29-11-19(27)25-5-7-26(8-6-25)20(28)12-30-18-4-2-14(22)10-16(18)24/h1-4,9-10H,5-8,11-12H2. The van der Waals surface area contributed by atoms with Crippen LogP contribution in [0.25, 0.3) is 0 Å². The van der Waals surface area contributed by atoms with Gasteiger partial charge < -0.3 is 19.3 Å². The van der Waals surface area contributed by atoms with Gasteiger partial charge in [-0.3, -0.25) is 9.59 Å². The van der Waals surface area contributed by atoms with E-state index in [9.17, 15) is 9.59 Å². The Hall–Kier alpha value is -1.48. The summed E-state index contributed by atoms with van der Waals surface area (Å²) in [5.74, 6) is 0.592. The number of rotatable bonds is 6. The zero-order valence-electron chi connectivity index (χ0n) is 15.7. The number of halogens is 4. The Kier molecular flexibility index (Phi) is 8.27. The average molecular weight is 581 g/mol. The van der Waals surface area contributed by atoms with Crippen molar-refractivity contribution in [2.24, 2.45) is 0 Å². The highest BCUT2D eigenvalue weighted by Crippen LogP contribution is 2.28. The lowest BCUT2D eigenvalue weighted by atomic mass is 10.3. The minimum Gasteiger partial charge on any atom is -0.482 e. The first-order valence-electron chi connectivity index (χ1n) is 9.05. The number of carbonyl (C=O) groups excluding carboxylic acids is 2. The van der Waals surface area contributed by atoms with Crippen LogP contribution in [0.5, 0.6) is 11.5 Å². The molecule has 1 heterocycles. The second kappa shape index (κ2) is 10.7. The van der Waals surface area contributed by atoms with Gasteiger partial charge in [-0.2, -0.15) is 0 Å². The molecule has 0 N–H and O–H groups in total. The van der Waals surface area contributed by atoms with Crippen molar-refractivity contribution in [1.82, 2.24) is 9.80 Å². The van der Waals surface area contributed by atoms with Crippen molar-refractivity contribution in [2.45, 2.75) is 0 Å². The lowest BCUT2D eigenvalue weighted by Crippen LogP contribution is -2.52. The first-order chi connectivity index (χ1) is 14.3.